The molecule has 2 aliphatic heterocycles. The number of amides is 1. The van der Waals surface area contributed by atoms with Crippen LogP contribution in [0.3, 0.4) is 0 Å². The molecule has 29 heavy (non-hydrogen) atoms. The van der Waals surface area contributed by atoms with E-state index in [1.165, 1.54) is 0 Å². The Morgan fingerprint density at radius 3 is 2.38 bits per heavy atom. The highest BCUT2D eigenvalue weighted by atomic mass is 79.9. The van der Waals surface area contributed by atoms with E-state index in [1.807, 2.05) is 50.1 Å². The Balaban J connectivity index is 1.36. The monoisotopic (exact) mass is 460 g/mol. The number of hydrogen-bond acceptors (Lipinski definition) is 5. The third-order valence-corrected chi connectivity index (χ3v) is 6.61. The number of ether oxygens (including phenoxy) is 1. The van der Waals surface area contributed by atoms with Crippen molar-refractivity contribution in [3.05, 3.63) is 28.9 Å². The van der Waals surface area contributed by atoms with Crippen LogP contribution in [-0.2, 0) is 4.74 Å². The van der Waals surface area contributed by atoms with E-state index in [0.29, 0.717) is 5.41 Å². The van der Waals surface area contributed by atoms with E-state index in [4.69, 9.17) is 9.72 Å². The van der Waals surface area contributed by atoms with Gasteiger partial charge in [0, 0.05) is 30.7 Å². The third kappa shape index (κ3) is 4.65. The van der Waals surface area contributed by atoms with Crippen LogP contribution in [0.5, 0.6) is 0 Å². The van der Waals surface area contributed by atoms with Crippen LogP contribution in [0.1, 0.15) is 46.5 Å². The van der Waals surface area contributed by atoms with Gasteiger partial charge in [0.25, 0.3) is 0 Å². The molecule has 0 aliphatic carbocycles. The van der Waals surface area contributed by atoms with E-state index in [9.17, 15) is 4.79 Å². The first kappa shape index (κ1) is 20.4. The van der Waals surface area contributed by atoms with Gasteiger partial charge in [0.1, 0.15) is 11.4 Å². The molecule has 0 N–H and O–H groups in total. The number of anilines is 1. The minimum absolute atomic E-state index is 0.178. The smallest absolute Gasteiger partial charge is 0.410 e. The number of carbonyl (C=O) groups is 1. The molecule has 1 aromatic heterocycles. The molecule has 156 valence electrons. The molecule has 4 rings (SSSR count). The number of likely N-dealkylation sites (tertiary alicyclic amines) is 1. The molecule has 1 amide bonds. The molecule has 0 bridgehead atoms. The van der Waals surface area contributed by atoms with Gasteiger partial charge in [0.2, 0.25) is 0 Å². The summed E-state index contributed by atoms with van der Waals surface area (Å²) in [5.41, 5.74) is 1.74. The Morgan fingerprint density at radius 1 is 1.07 bits per heavy atom. The standard InChI is InChI=1S/C22H29BrN4O2/c1-21(2,3)29-20(28)27-12-8-22(9-13-27)6-10-26(11-7-22)19-15-24-17-5-4-16(23)14-18(17)25-19/h4-5,14-15H,6-13H2,1-3H3. The molecular weight excluding hydrogens is 432 g/mol. The number of hydrogen-bond donors (Lipinski definition) is 0. The van der Waals surface area contributed by atoms with Crippen molar-refractivity contribution in [2.75, 3.05) is 31.1 Å². The van der Waals surface area contributed by atoms with Gasteiger partial charge in [0.15, 0.2) is 0 Å². The summed E-state index contributed by atoms with van der Waals surface area (Å²) >= 11 is 3.51. The fraction of sp³-hybridized carbons (Fsp3) is 0.591. The number of nitrogens with zero attached hydrogens (tertiary/aromatic N) is 4. The van der Waals surface area contributed by atoms with Crippen LogP contribution in [0.15, 0.2) is 28.9 Å². The Kier molecular flexibility index (Phi) is 5.44. The third-order valence-electron chi connectivity index (χ3n) is 6.12. The van der Waals surface area contributed by atoms with Gasteiger partial charge >= 0.3 is 6.09 Å². The first-order valence-electron chi connectivity index (χ1n) is 10.4. The summed E-state index contributed by atoms with van der Waals surface area (Å²) in [6.45, 7) is 9.31. The number of carbonyl (C=O) groups excluding carboxylic acids is 1. The zero-order chi connectivity index (χ0) is 20.6. The number of rotatable bonds is 1. The van der Waals surface area contributed by atoms with E-state index in [2.05, 4.69) is 25.8 Å². The lowest BCUT2D eigenvalue weighted by molar-refractivity contribution is 0.00664. The summed E-state index contributed by atoms with van der Waals surface area (Å²) in [6, 6.07) is 5.99. The van der Waals surface area contributed by atoms with Crippen molar-refractivity contribution in [3.8, 4) is 0 Å². The molecule has 1 spiro atoms. The van der Waals surface area contributed by atoms with Crippen LogP contribution in [0.25, 0.3) is 11.0 Å². The van der Waals surface area contributed by atoms with Gasteiger partial charge in [-0.15, -0.1) is 0 Å². The second-order valence-corrected chi connectivity index (χ2v) is 10.2. The summed E-state index contributed by atoms with van der Waals surface area (Å²) in [5.74, 6) is 0.955. The number of benzene rings is 1. The quantitative estimate of drug-likeness (QED) is 0.598. The summed E-state index contributed by atoms with van der Waals surface area (Å²) in [7, 11) is 0. The highest BCUT2D eigenvalue weighted by molar-refractivity contribution is 9.10. The first-order chi connectivity index (χ1) is 13.7. The topological polar surface area (TPSA) is 58.6 Å². The molecule has 2 saturated heterocycles. The fourth-order valence-electron chi connectivity index (χ4n) is 4.33. The van der Waals surface area contributed by atoms with Crippen molar-refractivity contribution in [2.24, 2.45) is 5.41 Å². The maximum absolute atomic E-state index is 12.3. The minimum atomic E-state index is -0.436. The van der Waals surface area contributed by atoms with Gasteiger partial charge in [-0.2, -0.15) is 0 Å². The lowest BCUT2D eigenvalue weighted by atomic mass is 9.71. The van der Waals surface area contributed by atoms with Crippen molar-refractivity contribution < 1.29 is 9.53 Å². The van der Waals surface area contributed by atoms with Gasteiger partial charge < -0.3 is 14.5 Å². The van der Waals surface area contributed by atoms with Crippen LogP contribution < -0.4 is 4.90 Å². The lowest BCUT2D eigenvalue weighted by Gasteiger charge is -2.47. The van der Waals surface area contributed by atoms with E-state index in [1.54, 1.807) is 0 Å². The summed E-state index contributed by atoms with van der Waals surface area (Å²) in [6.07, 6.45) is 6.08. The number of halogens is 1. The fourth-order valence-corrected chi connectivity index (χ4v) is 4.68. The molecule has 2 fully saturated rings. The van der Waals surface area contributed by atoms with Gasteiger partial charge in [-0.25, -0.2) is 9.78 Å². The van der Waals surface area contributed by atoms with Crippen molar-refractivity contribution in [1.29, 1.82) is 0 Å². The second kappa shape index (κ2) is 7.74. The zero-order valence-corrected chi connectivity index (χ0v) is 19.0. The number of aromatic nitrogens is 2. The highest BCUT2D eigenvalue weighted by Gasteiger charge is 2.39. The van der Waals surface area contributed by atoms with E-state index < -0.39 is 5.60 Å². The molecular formula is C22H29BrN4O2. The zero-order valence-electron chi connectivity index (χ0n) is 17.4. The molecule has 2 aliphatic rings. The second-order valence-electron chi connectivity index (χ2n) is 9.32. The Bertz CT molecular complexity index is 893. The maximum Gasteiger partial charge on any atom is 0.410 e. The Labute approximate surface area is 180 Å². The molecule has 6 nitrogen and oxygen atoms in total. The highest BCUT2D eigenvalue weighted by Crippen LogP contribution is 2.42. The van der Waals surface area contributed by atoms with Crippen LogP contribution in [0.2, 0.25) is 0 Å². The molecule has 0 atom stereocenters. The van der Waals surface area contributed by atoms with E-state index in [-0.39, 0.29) is 6.09 Å². The molecule has 0 unspecified atom stereocenters. The van der Waals surface area contributed by atoms with Crippen molar-refractivity contribution >= 4 is 38.9 Å². The first-order valence-corrected chi connectivity index (χ1v) is 11.2. The molecule has 2 aromatic rings. The lowest BCUT2D eigenvalue weighted by Crippen LogP contribution is -2.49. The van der Waals surface area contributed by atoms with Crippen molar-refractivity contribution in [3.63, 3.8) is 0 Å². The van der Waals surface area contributed by atoms with Gasteiger partial charge in [0.05, 0.1) is 17.2 Å². The summed E-state index contributed by atoms with van der Waals surface area (Å²) < 4.78 is 6.55. The molecule has 0 saturated carbocycles. The van der Waals surface area contributed by atoms with E-state index >= 15 is 0 Å². The van der Waals surface area contributed by atoms with E-state index in [0.717, 1.165) is 73.2 Å². The normalized spacial score (nSPS) is 19.6. The Hall–Kier alpha value is -1.89. The predicted molar refractivity (Wildman–Crippen MR) is 118 cm³/mol. The SMILES string of the molecule is CC(C)(C)OC(=O)N1CCC2(CC1)CCN(c1cnc3ccc(Br)cc3n1)CC2. The van der Waals surface area contributed by atoms with Gasteiger partial charge in [-0.3, -0.25) is 4.98 Å². The van der Waals surface area contributed by atoms with Crippen LogP contribution >= 0.6 is 15.9 Å². The van der Waals surface area contributed by atoms with Gasteiger partial charge in [-0.05, 0) is 70.1 Å². The average Bonchev–Trinajstić information content (AvgIpc) is 2.67. The summed E-state index contributed by atoms with van der Waals surface area (Å²) in [5, 5.41) is 0. The predicted octanol–water partition coefficient (Wildman–Crippen LogP) is 5.01. The van der Waals surface area contributed by atoms with Crippen molar-refractivity contribution in [1.82, 2.24) is 14.9 Å². The number of piperidine rings is 2. The van der Waals surface area contributed by atoms with Crippen molar-refractivity contribution in [2.45, 2.75) is 52.1 Å². The Morgan fingerprint density at radius 2 is 1.72 bits per heavy atom. The van der Waals surface area contributed by atoms with Crippen LogP contribution in [0, 0.1) is 5.41 Å². The molecule has 0 radical (unpaired) electrons. The minimum Gasteiger partial charge on any atom is -0.444 e. The van der Waals surface area contributed by atoms with Crippen LogP contribution in [0.4, 0.5) is 10.6 Å². The average molecular weight is 461 g/mol. The molecule has 3 heterocycles. The maximum atomic E-state index is 12.3. The number of fused-ring (bicyclic) bond motifs is 1. The molecule has 7 heteroatoms. The van der Waals surface area contributed by atoms with Gasteiger partial charge in [-0.1, -0.05) is 15.9 Å². The largest absolute Gasteiger partial charge is 0.444 e. The van der Waals surface area contributed by atoms with Crippen LogP contribution in [-0.4, -0.2) is 52.7 Å². The molecule has 1 aromatic carbocycles. The summed E-state index contributed by atoms with van der Waals surface area (Å²) in [4.78, 5) is 26.0.